The van der Waals surface area contributed by atoms with Crippen molar-refractivity contribution in [3.63, 3.8) is 0 Å². The van der Waals surface area contributed by atoms with E-state index in [0.29, 0.717) is 12.6 Å². The molecule has 0 aromatic carbocycles. The van der Waals surface area contributed by atoms with Gasteiger partial charge in [-0.15, -0.1) is 0 Å². The average Bonchev–Trinajstić information content (AvgIpc) is 2.18. The zero-order chi connectivity index (χ0) is 10.2. The third kappa shape index (κ3) is 5.57. The van der Waals surface area contributed by atoms with E-state index in [9.17, 15) is 8.42 Å². The lowest BCUT2D eigenvalue weighted by Crippen LogP contribution is -2.32. The van der Waals surface area contributed by atoms with E-state index in [0.717, 1.165) is 13.0 Å². The second-order valence-electron chi connectivity index (χ2n) is 3.70. The summed E-state index contributed by atoms with van der Waals surface area (Å²) in [5, 5.41) is 3.42. The number of hydrogen-bond acceptors (Lipinski definition) is 4. The third-order valence-corrected chi connectivity index (χ3v) is 2.95. The number of hydrogen-bond donors (Lipinski definition) is 2. The molecule has 1 N–H and O–H groups in total. The first-order valence-corrected chi connectivity index (χ1v) is 6.39. The zero-order valence-corrected chi connectivity index (χ0v) is 9.30. The van der Waals surface area contributed by atoms with Crippen molar-refractivity contribution >= 4 is 11.0 Å². The maximum absolute atomic E-state index is 10.1. The summed E-state index contributed by atoms with van der Waals surface area (Å²) in [6.07, 6.45) is 7.28. The number of rotatable bonds is 6. The van der Waals surface area contributed by atoms with E-state index in [1.54, 1.807) is 0 Å². The Hall–Kier alpha value is -0.130. The molecule has 0 spiro atoms. The summed E-state index contributed by atoms with van der Waals surface area (Å²) in [6.45, 7) is 1.16. The monoisotopic (exact) mass is 221 g/mol. The van der Waals surface area contributed by atoms with Crippen LogP contribution < -0.4 is 5.32 Å². The highest BCUT2D eigenvalue weighted by Crippen LogP contribution is 2.17. The highest BCUT2D eigenvalue weighted by Gasteiger charge is 2.11. The van der Waals surface area contributed by atoms with Crippen LogP contribution in [0, 0.1) is 0 Å². The largest absolute Gasteiger partial charge is 0.314 e. The quantitative estimate of drug-likeness (QED) is 0.515. The Morgan fingerprint density at radius 1 is 1.21 bits per heavy atom. The molecule has 1 aliphatic rings. The minimum absolute atomic E-state index is 0.304. The van der Waals surface area contributed by atoms with Crippen LogP contribution in [0.3, 0.4) is 0 Å². The molecular formula is C9H19NO3S. The Balaban J connectivity index is 1.92. The molecule has 1 saturated carbocycles. The second-order valence-corrected chi connectivity index (χ2v) is 4.40. The minimum atomic E-state index is -2.66. The summed E-state index contributed by atoms with van der Waals surface area (Å²) in [5.74, 6) is 0. The molecule has 0 bridgehead atoms. The van der Waals surface area contributed by atoms with Gasteiger partial charge in [0.25, 0.3) is 11.0 Å². The molecule has 4 nitrogen and oxygen atoms in total. The van der Waals surface area contributed by atoms with Crippen LogP contribution in [0.4, 0.5) is 0 Å². The summed E-state index contributed by atoms with van der Waals surface area (Å²) in [7, 11) is -2.66. The smallest absolute Gasteiger partial charge is 0.257 e. The van der Waals surface area contributed by atoms with Crippen LogP contribution >= 0.6 is 0 Å². The molecule has 1 fully saturated rings. The maximum atomic E-state index is 10.1. The van der Waals surface area contributed by atoms with E-state index in [1.807, 2.05) is 0 Å². The summed E-state index contributed by atoms with van der Waals surface area (Å²) < 4.78 is 24.6. The summed E-state index contributed by atoms with van der Waals surface area (Å²) in [5.41, 5.74) is 0. The first kappa shape index (κ1) is 11.9. The van der Waals surface area contributed by atoms with Crippen LogP contribution in [-0.4, -0.2) is 27.6 Å². The summed E-state index contributed by atoms with van der Waals surface area (Å²) >= 11 is 0. The van der Waals surface area contributed by atoms with Crippen LogP contribution in [0.25, 0.3) is 0 Å². The highest BCUT2D eigenvalue weighted by molar-refractivity contribution is 7.67. The predicted molar refractivity (Wildman–Crippen MR) is 55.8 cm³/mol. The molecule has 0 heterocycles. The molecule has 0 aromatic heterocycles. The standard InChI is InChI=1S/C9H19NO3S/c11-14(12)13-8-4-7-10-9-5-2-1-3-6-9/h9-10,14H,1-8H2. The average molecular weight is 221 g/mol. The van der Waals surface area contributed by atoms with Crippen molar-refractivity contribution in [3.05, 3.63) is 0 Å². The Labute approximate surface area is 87.2 Å². The first-order valence-electron chi connectivity index (χ1n) is 5.30. The van der Waals surface area contributed by atoms with Gasteiger partial charge in [-0.2, -0.15) is 0 Å². The fraction of sp³-hybridized carbons (Fsp3) is 1.00. The van der Waals surface area contributed by atoms with Crippen LogP contribution in [0.2, 0.25) is 0 Å². The van der Waals surface area contributed by atoms with E-state index < -0.39 is 11.0 Å². The van der Waals surface area contributed by atoms with Gasteiger partial charge in [-0.1, -0.05) is 19.3 Å². The minimum Gasteiger partial charge on any atom is -0.314 e. The van der Waals surface area contributed by atoms with Crippen molar-refractivity contribution in [1.82, 2.24) is 5.32 Å². The van der Waals surface area contributed by atoms with Crippen LogP contribution in [-0.2, 0) is 15.2 Å². The third-order valence-electron chi connectivity index (χ3n) is 2.56. The van der Waals surface area contributed by atoms with Gasteiger partial charge in [-0.05, 0) is 25.8 Å². The molecule has 0 radical (unpaired) electrons. The van der Waals surface area contributed by atoms with Crippen LogP contribution in [0.15, 0.2) is 0 Å². The molecule has 0 aliphatic heterocycles. The van der Waals surface area contributed by atoms with Gasteiger partial charge in [0.2, 0.25) is 0 Å². The van der Waals surface area contributed by atoms with Crippen molar-refractivity contribution in [2.45, 2.75) is 44.6 Å². The fourth-order valence-electron chi connectivity index (χ4n) is 1.82. The maximum Gasteiger partial charge on any atom is 0.257 e. The molecule has 0 amide bonds. The van der Waals surface area contributed by atoms with Crippen molar-refractivity contribution in [2.24, 2.45) is 0 Å². The van der Waals surface area contributed by atoms with Gasteiger partial charge in [-0.3, -0.25) is 4.18 Å². The number of nitrogens with one attached hydrogen (secondary N) is 1. The highest BCUT2D eigenvalue weighted by atomic mass is 32.2. The lowest BCUT2D eigenvalue weighted by molar-refractivity contribution is 0.310. The molecule has 0 unspecified atom stereocenters. The lowest BCUT2D eigenvalue weighted by Gasteiger charge is -2.22. The predicted octanol–water partition coefficient (Wildman–Crippen LogP) is 0.842. The molecule has 14 heavy (non-hydrogen) atoms. The van der Waals surface area contributed by atoms with E-state index in [2.05, 4.69) is 9.50 Å². The van der Waals surface area contributed by atoms with E-state index in [4.69, 9.17) is 0 Å². The van der Waals surface area contributed by atoms with Gasteiger partial charge in [0, 0.05) is 6.04 Å². The van der Waals surface area contributed by atoms with Gasteiger partial charge < -0.3 is 5.32 Å². The van der Waals surface area contributed by atoms with Gasteiger partial charge in [0.1, 0.15) is 0 Å². The van der Waals surface area contributed by atoms with Crippen LogP contribution in [0.1, 0.15) is 38.5 Å². The zero-order valence-electron chi connectivity index (χ0n) is 8.41. The van der Waals surface area contributed by atoms with Crippen molar-refractivity contribution < 1.29 is 12.6 Å². The van der Waals surface area contributed by atoms with Gasteiger partial charge >= 0.3 is 0 Å². The summed E-state index contributed by atoms with van der Waals surface area (Å²) in [6, 6.07) is 0.643. The molecular weight excluding hydrogens is 202 g/mol. The number of thiol groups is 1. The van der Waals surface area contributed by atoms with E-state index in [1.165, 1.54) is 32.1 Å². The summed E-state index contributed by atoms with van der Waals surface area (Å²) in [4.78, 5) is 0. The van der Waals surface area contributed by atoms with Crippen molar-refractivity contribution in [2.75, 3.05) is 13.2 Å². The molecule has 0 aromatic rings. The molecule has 5 heteroatoms. The Morgan fingerprint density at radius 3 is 2.57 bits per heavy atom. The normalized spacial score (nSPS) is 18.9. The topological polar surface area (TPSA) is 55.4 Å². The Bertz CT molecular complexity index is 204. The van der Waals surface area contributed by atoms with E-state index in [-0.39, 0.29) is 0 Å². The van der Waals surface area contributed by atoms with E-state index >= 15 is 0 Å². The van der Waals surface area contributed by atoms with Crippen molar-refractivity contribution in [3.8, 4) is 0 Å². The lowest BCUT2D eigenvalue weighted by atomic mass is 9.95. The molecule has 0 saturated heterocycles. The molecule has 1 aliphatic carbocycles. The second kappa shape index (κ2) is 7.20. The Morgan fingerprint density at radius 2 is 1.93 bits per heavy atom. The first-order chi connectivity index (χ1) is 6.79. The molecule has 84 valence electrons. The van der Waals surface area contributed by atoms with Gasteiger partial charge in [0.05, 0.1) is 6.61 Å². The molecule has 1 rings (SSSR count). The fourth-order valence-corrected chi connectivity index (χ4v) is 2.10. The van der Waals surface area contributed by atoms with Gasteiger partial charge in [0.15, 0.2) is 0 Å². The van der Waals surface area contributed by atoms with Crippen molar-refractivity contribution in [1.29, 1.82) is 0 Å². The molecule has 0 atom stereocenters. The van der Waals surface area contributed by atoms with Crippen LogP contribution in [0.5, 0.6) is 0 Å². The Kier molecular flexibility index (Phi) is 6.14. The van der Waals surface area contributed by atoms with Gasteiger partial charge in [-0.25, -0.2) is 8.42 Å². The SMILES string of the molecule is O=[SH](=O)OCCCNC1CCCCC1.